The van der Waals surface area contributed by atoms with Crippen molar-refractivity contribution in [1.82, 2.24) is 4.57 Å². The van der Waals surface area contributed by atoms with Crippen LogP contribution < -0.4 is 19.6 Å². The molecule has 10 nitrogen and oxygen atoms in total. The van der Waals surface area contributed by atoms with Gasteiger partial charge in [0.1, 0.15) is 17.3 Å². The first-order chi connectivity index (χ1) is 19.2. The van der Waals surface area contributed by atoms with Crippen molar-refractivity contribution in [3.8, 4) is 17.1 Å². The van der Waals surface area contributed by atoms with E-state index in [0.29, 0.717) is 48.5 Å². The lowest BCUT2D eigenvalue weighted by molar-refractivity contribution is -0.384. The van der Waals surface area contributed by atoms with E-state index in [2.05, 4.69) is 4.99 Å². The molecule has 2 aromatic carbocycles. The van der Waals surface area contributed by atoms with Gasteiger partial charge in [0.05, 0.1) is 46.0 Å². The lowest BCUT2D eigenvalue weighted by atomic mass is 9.96. The number of nitrogens with zero attached hydrogens (tertiary/aromatic N) is 3. The van der Waals surface area contributed by atoms with Crippen molar-refractivity contribution in [2.24, 2.45) is 4.99 Å². The van der Waals surface area contributed by atoms with Gasteiger partial charge in [0, 0.05) is 23.2 Å². The van der Waals surface area contributed by atoms with E-state index in [4.69, 9.17) is 25.5 Å². The highest BCUT2D eigenvalue weighted by Crippen LogP contribution is 2.35. The molecule has 4 aromatic rings. The van der Waals surface area contributed by atoms with Gasteiger partial charge in [-0.2, -0.15) is 0 Å². The van der Waals surface area contributed by atoms with Crippen LogP contribution in [-0.4, -0.2) is 29.2 Å². The number of hydrogen-bond donors (Lipinski definition) is 0. The largest absolute Gasteiger partial charge is 0.496 e. The monoisotopic (exact) mass is 579 g/mol. The minimum absolute atomic E-state index is 0.114. The summed E-state index contributed by atoms with van der Waals surface area (Å²) in [5, 5.41) is 11.8. The average molecular weight is 580 g/mol. The summed E-state index contributed by atoms with van der Waals surface area (Å²) in [4.78, 5) is 42.5. The Bertz CT molecular complexity index is 1850. The Morgan fingerprint density at radius 2 is 1.98 bits per heavy atom. The summed E-state index contributed by atoms with van der Waals surface area (Å²) in [6, 6.07) is 13.6. The van der Waals surface area contributed by atoms with Gasteiger partial charge < -0.3 is 13.9 Å². The topological polar surface area (TPSA) is 126 Å². The summed E-state index contributed by atoms with van der Waals surface area (Å²) in [6.45, 7) is 3.59. The van der Waals surface area contributed by atoms with Crippen LogP contribution in [-0.2, 0) is 9.53 Å². The van der Waals surface area contributed by atoms with Gasteiger partial charge in [0.15, 0.2) is 4.80 Å². The first-order valence-electron chi connectivity index (χ1n) is 12.1. The van der Waals surface area contributed by atoms with Crippen molar-refractivity contribution >= 4 is 40.7 Å². The fraction of sp³-hybridized carbons (Fsp3) is 0.179. The summed E-state index contributed by atoms with van der Waals surface area (Å²) in [5.41, 5.74) is 1.30. The number of nitro groups is 1. The molecule has 0 radical (unpaired) electrons. The third-order valence-corrected chi connectivity index (χ3v) is 7.50. The molecule has 12 heteroatoms. The number of benzene rings is 2. The van der Waals surface area contributed by atoms with Crippen LogP contribution in [0.3, 0.4) is 0 Å². The number of allylic oxidation sites excluding steroid dienone is 1. The maximum absolute atomic E-state index is 13.7. The molecule has 1 atom stereocenters. The van der Waals surface area contributed by atoms with Crippen LogP contribution in [0.15, 0.2) is 80.1 Å². The molecule has 3 heterocycles. The summed E-state index contributed by atoms with van der Waals surface area (Å²) in [6.07, 6.45) is 1.57. The first kappa shape index (κ1) is 27.1. The molecule has 2 aromatic heterocycles. The van der Waals surface area contributed by atoms with Gasteiger partial charge in [-0.15, -0.1) is 0 Å². The van der Waals surface area contributed by atoms with E-state index in [1.165, 1.54) is 29.9 Å². The molecule has 0 unspecified atom stereocenters. The molecule has 0 N–H and O–H groups in total. The van der Waals surface area contributed by atoms with Crippen LogP contribution >= 0.6 is 22.9 Å². The average Bonchev–Trinajstić information content (AvgIpc) is 3.52. The molecule has 0 spiro atoms. The maximum atomic E-state index is 13.7. The van der Waals surface area contributed by atoms with Gasteiger partial charge in [0.2, 0.25) is 0 Å². The van der Waals surface area contributed by atoms with Gasteiger partial charge in [0.25, 0.3) is 11.2 Å². The van der Waals surface area contributed by atoms with Crippen molar-refractivity contribution in [2.75, 3.05) is 13.7 Å². The molecular weight excluding hydrogens is 558 g/mol. The second-order valence-corrected chi connectivity index (χ2v) is 10.1. The quantitative estimate of drug-likeness (QED) is 0.177. The van der Waals surface area contributed by atoms with Crippen LogP contribution in [0.25, 0.3) is 17.4 Å². The van der Waals surface area contributed by atoms with Crippen LogP contribution in [0.1, 0.15) is 31.2 Å². The summed E-state index contributed by atoms with van der Waals surface area (Å²) >= 11 is 7.25. The zero-order chi connectivity index (χ0) is 28.6. The smallest absolute Gasteiger partial charge is 0.338 e. The second kappa shape index (κ2) is 10.9. The van der Waals surface area contributed by atoms with Crippen molar-refractivity contribution in [3.05, 3.63) is 112 Å². The number of esters is 1. The Morgan fingerprint density at radius 3 is 2.65 bits per heavy atom. The first-order valence-corrected chi connectivity index (χ1v) is 13.3. The van der Waals surface area contributed by atoms with Crippen LogP contribution in [0.4, 0.5) is 5.69 Å². The molecule has 0 saturated heterocycles. The maximum Gasteiger partial charge on any atom is 0.338 e. The van der Waals surface area contributed by atoms with E-state index in [1.54, 1.807) is 56.3 Å². The number of non-ortho nitro benzene ring substituents is 1. The number of methoxy groups -OCH3 is 1. The number of furan rings is 1. The molecule has 0 fully saturated rings. The Kier molecular flexibility index (Phi) is 7.42. The van der Waals surface area contributed by atoms with E-state index in [1.807, 2.05) is 0 Å². The number of fused-ring (bicyclic) bond motifs is 1. The Balaban J connectivity index is 1.63. The van der Waals surface area contributed by atoms with E-state index in [9.17, 15) is 19.7 Å². The predicted octanol–water partition coefficient (Wildman–Crippen LogP) is 4.63. The zero-order valence-corrected chi connectivity index (χ0v) is 23.1. The van der Waals surface area contributed by atoms with Gasteiger partial charge >= 0.3 is 5.97 Å². The highest BCUT2D eigenvalue weighted by Gasteiger charge is 2.33. The predicted molar refractivity (Wildman–Crippen MR) is 149 cm³/mol. The number of halogens is 1. The molecule has 5 rings (SSSR count). The standard InChI is InChI=1S/C28H22ClN3O7S/c1-4-38-27(34)24-15(2)30-28-31(25(24)16-5-7-17(29)8-6-16)26(33)23(40-28)14-19-10-12-22(39-19)20-13-18(32(35)36)9-11-21(20)37-3/h5-14,25H,4H2,1-3H3/b23-14+/t25-/m1/s1. The molecule has 0 aliphatic carbocycles. The van der Waals surface area contributed by atoms with Crippen LogP contribution in [0, 0.1) is 10.1 Å². The lowest BCUT2D eigenvalue weighted by Crippen LogP contribution is -2.39. The van der Waals surface area contributed by atoms with E-state index < -0.39 is 16.9 Å². The lowest BCUT2D eigenvalue weighted by Gasteiger charge is -2.24. The van der Waals surface area contributed by atoms with Crippen molar-refractivity contribution in [3.63, 3.8) is 0 Å². The number of aromatic nitrogens is 1. The molecule has 0 amide bonds. The third-order valence-electron chi connectivity index (χ3n) is 6.26. The molecular formula is C28H22ClN3O7S. The highest BCUT2D eigenvalue weighted by atomic mass is 35.5. The number of nitro benzene ring substituents is 1. The Morgan fingerprint density at radius 1 is 1.23 bits per heavy atom. The number of thiazole rings is 1. The minimum atomic E-state index is -0.768. The van der Waals surface area contributed by atoms with Crippen LogP contribution in [0.5, 0.6) is 5.75 Å². The molecule has 0 saturated carbocycles. The number of rotatable bonds is 7. The minimum Gasteiger partial charge on any atom is -0.496 e. The molecule has 1 aliphatic heterocycles. The van der Waals surface area contributed by atoms with Gasteiger partial charge in [-0.25, -0.2) is 9.79 Å². The zero-order valence-electron chi connectivity index (χ0n) is 21.5. The van der Waals surface area contributed by atoms with Crippen LogP contribution in [0.2, 0.25) is 5.02 Å². The van der Waals surface area contributed by atoms with E-state index in [-0.39, 0.29) is 23.4 Å². The number of carbonyl (C=O) groups is 1. The van der Waals surface area contributed by atoms with E-state index >= 15 is 0 Å². The summed E-state index contributed by atoms with van der Waals surface area (Å²) in [7, 11) is 1.46. The Labute approximate surface area is 236 Å². The van der Waals surface area contributed by atoms with Gasteiger partial charge in [-0.3, -0.25) is 19.5 Å². The van der Waals surface area contributed by atoms with E-state index in [0.717, 1.165) is 11.3 Å². The fourth-order valence-electron chi connectivity index (χ4n) is 4.46. The SMILES string of the molecule is CCOC(=O)C1=C(C)N=c2s/c(=C/c3ccc(-c4cc([N+](=O)[O-])ccc4OC)o3)c(=O)n2[C@@H]1c1ccc(Cl)cc1. The molecule has 204 valence electrons. The molecule has 0 bridgehead atoms. The van der Waals surface area contributed by atoms with Crippen molar-refractivity contribution < 1.29 is 23.6 Å². The Hall–Kier alpha value is -4.48. The highest BCUT2D eigenvalue weighted by molar-refractivity contribution is 7.07. The molecule has 1 aliphatic rings. The van der Waals surface area contributed by atoms with Gasteiger partial charge in [-0.05, 0) is 49.7 Å². The molecule has 40 heavy (non-hydrogen) atoms. The normalized spacial score (nSPS) is 15.0. The van der Waals surface area contributed by atoms with Crippen molar-refractivity contribution in [2.45, 2.75) is 19.9 Å². The fourth-order valence-corrected chi connectivity index (χ4v) is 5.61. The van der Waals surface area contributed by atoms with Crippen molar-refractivity contribution in [1.29, 1.82) is 0 Å². The second-order valence-electron chi connectivity index (χ2n) is 8.70. The summed E-state index contributed by atoms with van der Waals surface area (Å²) in [5.74, 6) is 0.521. The third kappa shape index (κ3) is 4.96. The number of hydrogen-bond acceptors (Lipinski definition) is 9. The number of ether oxygens (including phenoxy) is 2. The summed E-state index contributed by atoms with van der Waals surface area (Å²) < 4.78 is 18.4. The number of carbonyl (C=O) groups excluding carboxylic acids is 1. The van der Waals surface area contributed by atoms with Gasteiger partial charge in [-0.1, -0.05) is 35.1 Å².